The quantitative estimate of drug-likeness (QED) is 0.572. The van der Waals surface area contributed by atoms with Crippen LogP contribution in [0.4, 0.5) is 0 Å². The van der Waals surface area contributed by atoms with Crippen molar-refractivity contribution in [1.29, 1.82) is 0 Å². The molecule has 3 rings (SSSR count). The van der Waals surface area contributed by atoms with Crippen LogP contribution in [0.1, 0.15) is 17.0 Å². The number of aromatic nitrogens is 2. The second-order valence-electron chi connectivity index (χ2n) is 6.02. The van der Waals surface area contributed by atoms with Crippen molar-refractivity contribution in [3.63, 3.8) is 0 Å². The van der Waals surface area contributed by atoms with E-state index in [4.69, 9.17) is 16.3 Å². The minimum atomic E-state index is -0.140. The highest BCUT2D eigenvalue weighted by Gasteiger charge is 2.06. The number of carbonyl (C=O) groups is 1. The van der Waals surface area contributed by atoms with E-state index in [1.165, 1.54) is 0 Å². The average molecular weight is 402 g/mol. The van der Waals surface area contributed by atoms with Crippen LogP contribution < -0.4 is 10.1 Å². The molecule has 0 fully saturated rings. The molecule has 0 aliphatic rings. The normalized spacial score (nSPS) is 10.6. The average Bonchev–Trinajstić information content (AvgIpc) is 3.16. The summed E-state index contributed by atoms with van der Waals surface area (Å²) in [6.07, 6.45) is 5.18. The van der Waals surface area contributed by atoms with Crippen LogP contribution in [-0.2, 0) is 11.2 Å². The van der Waals surface area contributed by atoms with Crippen molar-refractivity contribution in [2.24, 2.45) is 0 Å². The van der Waals surface area contributed by atoms with Crippen molar-refractivity contribution in [3.05, 3.63) is 63.7 Å². The van der Waals surface area contributed by atoms with Crippen LogP contribution in [0.25, 0.3) is 11.3 Å². The van der Waals surface area contributed by atoms with Gasteiger partial charge in [0, 0.05) is 41.3 Å². The third kappa shape index (κ3) is 5.77. The molecule has 0 spiro atoms. The van der Waals surface area contributed by atoms with E-state index in [1.54, 1.807) is 35.9 Å². The zero-order chi connectivity index (χ0) is 19.1. The van der Waals surface area contributed by atoms with Gasteiger partial charge in [0.05, 0.1) is 10.7 Å². The van der Waals surface area contributed by atoms with E-state index in [-0.39, 0.29) is 12.5 Å². The van der Waals surface area contributed by atoms with Crippen molar-refractivity contribution >= 4 is 28.8 Å². The van der Waals surface area contributed by atoms with Crippen molar-refractivity contribution in [1.82, 2.24) is 15.3 Å². The van der Waals surface area contributed by atoms with Gasteiger partial charge in [0.25, 0.3) is 5.91 Å². The van der Waals surface area contributed by atoms with Gasteiger partial charge < -0.3 is 10.1 Å². The molecule has 0 radical (unpaired) electrons. The molecule has 0 saturated heterocycles. The molecule has 3 aromatic rings. The number of amides is 1. The van der Waals surface area contributed by atoms with E-state index in [9.17, 15) is 4.79 Å². The number of aryl methyl sites for hydroxylation is 2. The van der Waals surface area contributed by atoms with Crippen molar-refractivity contribution < 1.29 is 9.53 Å². The number of halogens is 1. The number of nitrogens with one attached hydrogen (secondary N) is 1. The SMILES string of the molecule is Cc1cc(OCC(=O)NCCCc2nc(-c3ccncc3)cs2)ccc1Cl. The fourth-order valence-corrected chi connectivity index (χ4v) is 3.42. The number of rotatable bonds is 8. The largest absolute Gasteiger partial charge is 0.484 e. The van der Waals surface area contributed by atoms with Gasteiger partial charge in [-0.1, -0.05) is 11.6 Å². The maximum Gasteiger partial charge on any atom is 0.257 e. The Morgan fingerprint density at radius 3 is 2.85 bits per heavy atom. The second-order valence-corrected chi connectivity index (χ2v) is 7.37. The van der Waals surface area contributed by atoms with E-state index < -0.39 is 0 Å². The molecule has 0 atom stereocenters. The Morgan fingerprint density at radius 1 is 1.26 bits per heavy atom. The fraction of sp³-hybridized carbons (Fsp3) is 0.250. The molecule has 5 nitrogen and oxygen atoms in total. The van der Waals surface area contributed by atoms with E-state index in [0.717, 1.165) is 34.7 Å². The maximum absolute atomic E-state index is 11.9. The van der Waals surface area contributed by atoms with Crippen molar-refractivity contribution in [2.75, 3.05) is 13.2 Å². The molecule has 1 aromatic carbocycles. The first-order valence-corrected chi connectivity index (χ1v) is 9.88. The van der Waals surface area contributed by atoms with Crippen LogP contribution >= 0.6 is 22.9 Å². The zero-order valence-electron chi connectivity index (χ0n) is 14.9. The molecule has 2 heterocycles. The van der Waals surface area contributed by atoms with Gasteiger partial charge >= 0.3 is 0 Å². The van der Waals surface area contributed by atoms with Crippen LogP contribution in [-0.4, -0.2) is 29.0 Å². The van der Waals surface area contributed by atoms with Gasteiger partial charge in [0.2, 0.25) is 0 Å². The van der Waals surface area contributed by atoms with Gasteiger partial charge in [-0.15, -0.1) is 11.3 Å². The van der Waals surface area contributed by atoms with Gasteiger partial charge in [-0.25, -0.2) is 4.98 Å². The highest BCUT2D eigenvalue weighted by Crippen LogP contribution is 2.22. The highest BCUT2D eigenvalue weighted by atomic mass is 35.5. The molecule has 0 bridgehead atoms. The fourth-order valence-electron chi connectivity index (χ4n) is 2.46. The third-order valence-electron chi connectivity index (χ3n) is 3.92. The maximum atomic E-state index is 11.9. The number of thiazole rings is 1. The zero-order valence-corrected chi connectivity index (χ0v) is 16.5. The molecular weight excluding hydrogens is 382 g/mol. The Labute approximate surface area is 167 Å². The summed E-state index contributed by atoms with van der Waals surface area (Å²) in [5.41, 5.74) is 2.95. The minimum Gasteiger partial charge on any atom is -0.484 e. The summed E-state index contributed by atoms with van der Waals surface area (Å²) in [6, 6.07) is 9.23. The molecule has 0 unspecified atom stereocenters. The first-order valence-electron chi connectivity index (χ1n) is 8.62. The Kier molecular flexibility index (Phi) is 6.79. The van der Waals surface area contributed by atoms with Gasteiger partial charge in [-0.2, -0.15) is 0 Å². The highest BCUT2D eigenvalue weighted by molar-refractivity contribution is 7.09. The molecular formula is C20H20ClN3O2S. The summed E-state index contributed by atoms with van der Waals surface area (Å²) in [5, 5.41) is 6.65. The first kappa shape index (κ1) is 19.3. The number of pyridine rings is 1. The van der Waals surface area contributed by atoms with Crippen LogP contribution in [0.2, 0.25) is 5.02 Å². The summed E-state index contributed by atoms with van der Waals surface area (Å²) < 4.78 is 5.49. The predicted molar refractivity (Wildman–Crippen MR) is 108 cm³/mol. The second kappa shape index (κ2) is 9.48. The lowest BCUT2D eigenvalue weighted by Crippen LogP contribution is -2.29. The van der Waals surface area contributed by atoms with Gasteiger partial charge in [0.15, 0.2) is 6.61 Å². The Bertz CT molecular complexity index is 899. The van der Waals surface area contributed by atoms with E-state index in [1.807, 2.05) is 30.5 Å². The van der Waals surface area contributed by atoms with Crippen molar-refractivity contribution in [2.45, 2.75) is 19.8 Å². The lowest BCUT2D eigenvalue weighted by atomic mass is 10.2. The molecule has 2 aromatic heterocycles. The number of benzene rings is 1. The molecule has 1 amide bonds. The van der Waals surface area contributed by atoms with Crippen LogP contribution in [0.15, 0.2) is 48.1 Å². The topological polar surface area (TPSA) is 64.1 Å². The predicted octanol–water partition coefficient (Wildman–Crippen LogP) is 4.29. The van der Waals surface area contributed by atoms with E-state index >= 15 is 0 Å². The summed E-state index contributed by atoms with van der Waals surface area (Å²) in [6.45, 7) is 2.48. The Morgan fingerprint density at radius 2 is 2.07 bits per heavy atom. The molecule has 27 heavy (non-hydrogen) atoms. The number of nitrogens with zero attached hydrogens (tertiary/aromatic N) is 2. The van der Waals surface area contributed by atoms with Gasteiger partial charge in [-0.05, 0) is 49.2 Å². The molecule has 1 N–H and O–H groups in total. The van der Waals surface area contributed by atoms with Gasteiger partial charge in [-0.3, -0.25) is 9.78 Å². The monoisotopic (exact) mass is 401 g/mol. The Balaban J connectivity index is 1.37. The minimum absolute atomic E-state index is 0.00941. The number of ether oxygens (including phenoxy) is 1. The Hall–Kier alpha value is -2.44. The third-order valence-corrected chi connectivity index (χ3v) is 5.25. The van der Waals surface area contributed by atoms with Crippen LogP contribution in [0.5, 0.6) is 5.75 Å². The molecule has 0 aliphatic carbocycles. The van der Waals surface area contributed by atoms with Gasteiger partial charge in [0.1, 0.15) is 5.75 Å². The van der Waals surface area contributed by atoms with Crippen LogP contribution in [0.3, 0.4) is 0 Å². The number of carbonyl (C=O) groups excluding carboxylic acids is 1. The van der Waals surface area contributed by atoms with E-state index in [2.05, 4.69) is 15.3 Å². The van der Waals surface area contributed by atoms with E-state index in [0.29, 0.717) is 17.3 Å². The summed E-state index contributed by atoms with van der Waals surface area (Å²) in [5.74, 6) is 0.498. The summed E-state index contributed by atoms with van der Waals surface area (Å²) >= 11 is 7.61. The number of hydrogen-bond acceptors (Lipinski definition) is 5. The number of hydrogen-bond donors (Lipinski definition) is 1. The lowest BCUT2D eigenvalue weighted by Gasteiger charge is -2.08. The smallest absolute Gasteiger partial charge is 0.257 e. The molecule has 0 saturated carbocycles. The first-order chi connectivity index (χ1) is 13.1. The van der Waals surface area contributed by atoms with Crippen LogP contribution in [0, 0.1) is 6.92 Å². The van der Waals surface area contributed by atoms with Crippen molar-refractivity contribution in [3.8, 4) is 17.0 Å². The molecule has 0 aliphatic heterocycles. The lowest BCUT2D eigenvalue weighted by molar-refractivity contribution is -0.123. The summed E-state index contributed by atoms with van der Waals surface area (Å²) in [7, 11) is 0. The summed E-state index contributed by atoms with van der Waals surface area (Å²) in [4.78, 5) is 20.5. The molecule has 140 valence electrons. The standard InChI is InChI=1S/C20H20ClN3O2S/c1-14-11-16(4-5-17(14)21)26-12-19(25)23-8-2-3-20-24-18(13-27-20)15-6-9-22-10-7-15/h4-7,9-11,13H,2-3,8,12H2,1H3,(H,23,25). The molecule has 7 heteroatoms.